The third kappa shape index (κ3) is 3.48. The number of amides is 1. The van der Waals surface area contributed by atoms with Crippen LogP contribution in [0.1, 0.15) is 38.5 Å². The molecular weight excluding hydrogens is 208 g/mol. The normalized spacial score (nSPS) is 18.9. The van der Waals surface area contributed by atoms with E-state index < -0.39 is 5.54 Å². The van der Waals surface area contributed by atoms with Crippen LogP contribution in [0, 0.1) is 0 Å². The number of esters is 1. The maximum absolute atomic E-state index is 11.8. The monoisotopic (exact) mass is 228 g/mol. The van der Waals surface area contributed by atoms with Gasteiger partial charge in [0.1, 0.15) is 0 Å². The Morgan fingerprint density at radius 2 is 1.94 bits per heavy atom. The van der Waals surface area contributed by atoms with Gasteiger partial charge in [0, 0.05) is 6.54 Å². The zero-order valence-electron chi connectivity index (χ0n) is 9.75. The number of carbonyl (C=O) groups excluding carboxylic acids is 2. The molecule has 1 amide bonds. The fraction of sp³-hybridized carbons (Fsp3) is 0.818. The SMILES string of the molecule is COC(=O)CCNC(=O)C1(N)CCCCC1. The third-order valence-electron chi connectivity index (χ3n) is 3.04. The lowest BCUT2D eigenvalue weighted by Crippen LogP contribution is -2.55. The first kappa shape index (κ1) is 13.0. The molecule has 0 aromatic rings. The fourth-order valence-corrected chi connectivity index (χ4v) is 1.97. The molecule has 0 heterocycles. The van der Waals surface area contributed by atoms with Gasteiger partial charge in [0.05, 0.1) is 19.1 Å². The van der Waals surface area contributed by atoms with E-state index in [-0.39, 0.29) is 18.3 Å². The van der Waals surface area contributed by atoms with E-state index in [1.54, 1.807) is 0 Å². The van der Waals surface area contributed by atoms with Crippen molar-refractivity contribution >= 4 is 11.9 Å². The second kappa shape index (κ2) is 5.84. The van der Waals surface area contributed by atoms with Crippen LogP contribution in [-0.2, 0) is 14.3 Å². The van der Waals surface area contributed by atoms with E-state index in [2.05, 4.69) is 10.1 Å². The van der Waals surface area contributed by atoms with Gasteiger partial charge >= 0.3 is 5.97 Å². The number of carbonyl (C=O) groups is 2. The van der Waals surface area contributed by atoms with Gasteiger partial charge in [0.15, 0.2) is 0 Å². The van der Waals surface area contributed by atoms with Crippen LogP contribution < -0.4 is 11.1 Å². The first-order chi connectivity index (χ1) is 7.58. The molecule has 16 heavy (non-hydrogen) atoms. The molecule has 0 spiro atoms. The number of rotatable bonds is 4. The summed E-state index contributed by atoms with van der Waals surface area (Å²) in [6.45, 7) is 0.296. The molecule has 0 atom stereocenters. The highest BCUT2D eigenvalue weighted by atomic mass is 16.5. The minimum absolute atomic E-state index is 0.142. The zero-order chi connectivity index (χ0) is 12.0. The van der Waals surface area contributed by atoms with Crippen molar-refractivity contribution in [2.24, 2.45) is 5.73 Å². The third-order valence-corrected chi connectivity index (χ3v) is 3.04. The van der Waals surface area contributed by atoms with Gasteiger partial charge in [0.2, 0.25) is 5.91 Å². The molecule has 1 aliphatic rings. The summed E-state index contributed by atoms with van der Waals surface area (Å²) in [6.07, 6.45) is 4.81. The molecule has 1 fully saturated rings. The van der Waals surface area contributed by atoms with E-state index in [0.717, 1.165) is 32.1 Å². The van der Waals surface area contributed by atoms with Crippen LogP contribution in [0.2, 0.25) is 0 Å². The van der Waals surface area contributed by atoms with Gasteiger partial charge in [-0.1, -0.05) is 19.3 Å². The molecular formula is C11H20N2O3. The molecule has 0 unspecified atom stereocenters. The first-order valence-electron chi connectivity index (χ1n) is 5.72. The van der Waals surface area contributed by atoms with Crippen LogP contribution >= 0.6 is 0 Å². The zero-order valence-corrected chi connectivity index (χ0v) is 9.75. The van der Waals surface area contributed by atoms with Gasteiger partial charge in [-0.25, -0.2) is 0 Å². The summed E-state index contributed by atoms with van der Waals surface area (Å²) >= 11 is 0. The second-order valence-electron chi connectivity index (χ2n) is 4.30. The van der Waals surface area contributed by atoms with E-state index in [0.29, 0.717) is 6.54 Å². The highest BCUT2D eigenvalue weighted by Gasteiger charge is 2.34. The van der Waals surface area contributed by atoms with Crippen molar-refractivity contribution in [1.29, 1.82) is 0 Å². The van der Waals surface area contributed by atoms with Crippen molar-refractivity contribution in [3.05, 3.63) is 0 Å². The summed E-state index contributed by atoms with van der Waals surface area (Å²) in [7, 11) is 1.33. The van der Waals surface area contributed by atoms with Crippen LogP contribution in [0.5, 0.6) is 0 Å². The van der Waals surface area contributed by atoms with Crippen LogP contribution in [0.4, 0.5) is 0 Å². The van der Waals surface area contributed by atoms with E-state index >= 15 is 0 Å². The number of ether oxygens (including phenoxy) is 1. The van der Waals surface area contributed by atoms with E-state index in [9.17, 15) is 9.59 Å². The van der Waals surface area contributed by atoms with Gasteiger partial charge in [-0.3, -0.25) is 9.59 Å². The topological polar surface area (TPSA) is 81.4 Å². The molecule has 5 nitrogen and oxygen atoms in total. The quantitative estimate of drug-likeness (QED) is 0.679. The van der Waals surface area contributed by atoms with Gasteiger partial charge in [-0.2, -0.15) is 0 Å². The maximum Gasteiger partial charge on any atom is 0.307 e. The highest BCUT2D eigenvalue weighted by Crippen LogP contribution is 2.25. The summed E-state index contributed by atoms with van der Waals surface area (Å²) in [4.78, 5) is 22.6. The molecule has 0 aromatic heterocycles. The predicted molar refractivity (Wildman–Crippen MR) is 59.6 cm³/mol. The van der Waals surface area contributed by atoms with Gasteiger partial charge in [-0.15, -0.1) is 0 Å². The molecule has 0 aromatic carbocycles. The molecule has 0 saturated heterocycles. The Labute approximate surface area is 95.7 Å². The Kier molecular flexibility index (Phi) is 4.73. The van der Waals surface area contributed by atoms with Gasteiger partial charge in [-0.05, 0) is 12.8 Å². The molecule has 3 N–H and O–H groups in total. The molecule has 92 valence electrons. The number of hydrogen-bond acceptors (Lipinski definition) is 4. The summed E-state index contributed by atoms with van der Waals surface area (Å²) in [5.74, 6) is -0.467. The Balaban J connectivity index is 2.31. The van der Waals surface area contributed by atoms with E-state index in [1.807, 2.05) is 0 Å². The number of nitrogens with one attached hydrogen (secondary N) is 1. The molecule has 0 aliphatic heterocycles. The average molecular weight is 228 g/mol. The lowest BCUT2D eigenvalue weighted by Gasteiger charge is -2.31. The number of methoxy groups -OCH3 is 1. The van der Waals surface area contributed by atoms with Crippen molar-refractivity contribution in [3.8, 4) is 0 Å². The molecule has 1 aliphatic carbocycles. The van der Waals surface area contributed by atoms with Crippen molar-refractivity contribution in [2.45, 2.75) is 44.1 Å². The summed E-state index contributed by atoms with van der Waals surface area (Å²) in [6, 6.07) is 0. The molecule has 5 heteroatoms. The lowest BCUT2D eigenvalue weighted by atomic mass is 9.82. The average Bonchev–Trinajstić information content (AvgIpc) is 2.29. The van der Waals surface area contributed by atoms with E-state index in [1.165, 1.54) is 7.11 Å². The van der Waals surface area contributed by atoms with Crippen LogP contribution in [0.25, 0.3) is 0 Å². The lowest BCUT2D eigenvalue weighted by molar-refractivity contribution is -0.140. The summed E-state index contributed by atoms with van der Waals surface area (Å²) in [5.41, 5.74) is 5.30. The molecule has 0 bridgehead atoms. The smallest absolute Gasteiger partial charge is 0.307 e. The van der Waals surface area contributed by atoms with E-state index in [4.69, 9.17) is 5.73 Å². The first-order valence-corrected chi connectivity index (χ1v) is 5.72. The second-order valence-corrected chi connectivity index (χ2v) is 4.30. The highest BCUT2D eigenvalue weighted by molar-refractivity contribution is 5.86. The van der Waals surface area contributed by atoms with Crippen LogP contribution in [0.3, 0.4) is 0 Å². The Morgan fingerprint density at radius 1 is 1.31 bits per heavy atom. The fourth-order valence-electron chi connectivity index (χ4n) is 1.97. The molecule has 1 rings (SSSR count). The number of nitrogens with two attached hydrogens (primary N) is 1. The summed E-state index contributed by atoms with van der Waals surface area (Å²) < 4.78 is 4.48. The maximum atomic E-state index is 11.8. The van der Waals surface area contributed by atoms with Crippen molar-refractivity contribution in [1.82, 2.24) is 5.32 Å². The van der Waals surface area contributed by atoms with Gasteiger partial charge < -0.3 is 15.8 Å². The van der Waals surface area contributed by atoms with Crippen molar-refractivity contribution in [2.75, 3.05) is 13.7 Å². The predicted octanol–water partition coefficient (Wildman–Crippen LogP) is 0.327. The Hall–Kier alpha value is -1.10. The van der Waals surface area contributed by atoms with Crippen molar-refractivity contribution in [3.63, 3.8) is 0 Å². The Morgan fingerprint density at radius 3 is 2.50 bits per heavy atom. The standard InChI is InChI=1S/C11H20N2O3/c1-16-9(14)5-8-13-10(15)11(12)6-3-2-4-7-11/h2-8,12H2,1H3,(H,13,15). The Bertz CT molecular complexity index is 260. The van der Waals surface area contributed by atoms with Crippen LogP contribution in [-0.4, -0.2) is 31.1 Å². The summed E-state index contributed by atoms with van der Waals surface area (Å²) in [5, 5.41) is 2.69. The minimum Gasteiger partial charge on any atom is -0.469 e. The molecule has 0 radical (unpaired) electrons. The van der Waals surface area contributed by atoms with Gasteiger partial charge in [0.25, 0.3) is 0 Å². The molecule has 1 saturated carbocycles. The minimum atomic E-state index is -0.728. The number of hydrogen-bond donors (Lipinski definition) is 2. The largest absolute Gasteiger partial charge is 0.469 e. The van der Waals surface area contributed by atoms with Crippen molar-refractivity contribution < 1.29 is 14.3 Å². The van der Waals surface area contributed by atoms with Crippen LogP contribution in [0.15, 0.2) is 0 Å².